The Balaban J connectivity index is 1.52. The van der Waals surface area contributed by atoms with Crippen molar-refractivity contribution in [3.8, 4) is 0 Å². The Labute approximate surface area is 142 Å². The third-order valence-electron chi connectivity index (χ3n) is 4.09. The van der Waals surface area contributed by atoms with Gasteiger partial charge in [-0.25, -0.2) is 4.98 Å². The standard InChI is InChI=1S/C18H16N2OS2/c21-18(20-11-3-6-14(20)16-8-4-12-22-16)10-9-17-19-13-5-1-2-7-15(13)23-17/h1-2,4-5,7-10,12,14H,3,6,11H2. The van der Waals surface area contributed by atoms with Gasteiger partial charge in [0.15, 0.2) is 0 Å². The van der Waals surface area contributed by atoms with Crippen molar-refractivity contribution in [2.45, 2.75) is 18.9 Å². The second-order valence-corrected chi connectivity index (χ2v) is 7.60. The molecule has 0 bridgehead atoms. The number of benzene rings is 1. The summed E-state index contributed by atoms with van der Waals surface area (Å²) in [5, 5.41) is 2.96. The Morgan fingerprint density at radius 1 is 1.26 bits per heavy atom. The lowest BCUT2D eigenvalue weighted by Crippen LogP contribution is -2.28. The van der Waals surface area contributed by atoms with E-state index in [1.165, 1.54) is 4.88 Å². The highest BCUT2D eigenvalue weighted by molar-refractivity contribution is 7.19. The van der Waals surface area contributed by atoms with Crippen LogP contribution in [0.2, 0.25) is 0 Å². The highest BCUT2D eigenvalue weighted by atomic mass is 32.1. The normalized spacial score (nSPS) is 18.3. The molecule has 1 atom stereocenters. The predicted octanol–water partition coefficient (Wildman–Crippen LogP) is 4.73. The Hall–Kier alpha value is -1.98. The molecule has 1 aliphatic heterocycles. The summed E-state index contributed by atoms with van der Waals surface area (Å²) in [6.07, 6.45) is 5.64. The Morgan fingerprint density at radius 3 is 3.00 bits per heavy atom. The van der Waals surface area contributed by atoms with Crippen LogP contribution in [0, 0.1) is 0 Å². The van der Waals surface area contributed by atoms with Crippen LogP contribution in [0.15, 0.2) is 47.9 Å². The zero-order valence-corrected chi connectivity index (χ0v) is 14.1. The summed E-state index contributed by atoms with van der Waals surface area (Å²) in [4.78, 5) is 20.4. The number of hydrogen-bond donors (Lipinski definition) is 0. The lowest BCUT2D eigenvalue weighted by molar-refractivity contribution is -0.126. The van der Waals surface area contributed by atoms with E-state index in [1.54, 1.807) is 28.7 Å². The van der Waals surface area contributed by atoms with E-state index < -0.39 is 0 Å². The van der Waals surface area contributed by atoms with Gasteiger partial charge in [0.2, 0.25) is 5.91 Å². The van der Waals surface area contributed by atoms with E-state index in [0.29, 0.717) is 0 Å². The molecule has 2 aromatic heterocycles. The maximum absolute atomic E-state index is 12.6. The number of para-hydroxylation sites is 1. The van der Waals surface area contributed by atoms with Crippen LogP contribution in [0.25, 0.3) is 16.3 Å². The molecular formula is C18H16N2OS2. The maximum Gasteiger partial charge on any atom is 0.247 e. The molecule has 3 heterocycles. The van der Waals surface area contributed by atoms with E-state index in [0.717, 1.165) is 34.6 Å². The van der Waals surface area contributed by atoms with E-state index in [-0.39, 0.29) is 11.9 Å². The first-order valence-corrected chi connectivity index (χ1v) is 9.38. The highest BCUT2D eigenvalue weighted by Crippen LogP contribution is 2.34. The summed E-state index contributed by atoms with van der Waals surface area (Å²) in [6.45, 7) is 0.839. The van der Waals surface area contributed by atoms with Gasteiger partial charge < -0.3 is 4.90 Å². The molecular weight excluding hydrogens is 324 g/mol. The van der Waals surface area contributed by atoms with Gasteiger partial charge in [-0.1, -0.05) is 18.2 Å². The van der Waals surface area contributed by atoms with Gasteiger partial charge in [0.05, 0.1) is 16.3 Å². The number of aromatic nitrogens is 1. The summed E-state index contributed by atoms with van der Waals surface area (Å²) in [6, 6.07) is 12.5. The van der Waals surface area contributed by atoms with Gasteiger partial charge in [0.25, 0.3) is 0 Å². The molecule has 1 saturated heterocycles. The molecule has 1 unspecified atom stereocenters. The van der Waals surface area contributed by atoms with E-state index in [1.807, 2.05) is 29.2 Å². The zero-order chi connectivity index (χ0) is 15.6. The van der Waals surface area contributed by atoms with Crippen molar-refractivity contribution in [1.29, 1.82) is 0 Å². The molecule has 4 rings (SSSR count). The first-order valence-electron chi connectivity index (χ1n) is 7.69. The Morgan fingerprint density at radius 2 is 2.17 bits per heavy atom. The molecule has 0 saturated carbocycles. The van der Waals surface area contributed by atoms with Gasteiger partial charge in [0.1, 0.15) is 5.01 Å². The molecule has 3 nitrogen and oxygen atoms in total. The lowest BCUT2D eigenvalue weighted by atomic mass is 10.2. The number of amides is 1. The fourth-order valence-corrected chi connectivity index (χ4v) is 4.75. The molecule has 23 heavy (non-hydrogen) atoms. The number of carbonyl (C=O) groups excluding carboxylic acids is 1. The molecule has 116 valence electrons. The first kappa shape index (κ1) is 14.6. The van der Waals surface area contributed by atoms with Gasteiger partial charge in [-0.2, -0.15) is 0 Å². The monoisotopic (exact) mass is 340 g/mol. The number of carbonyl (C=O) groups is 1. The van der Waals surface area contributed by atoms with Crippen LogP contribution in [0.3, 0.4) is 0 Å². The summed E-state index contributed by atoms with van der Waals surface area (Å²) in [7, 11) is 0. The smallest absolute Gasteiger partial charge is 0.247 e. The molecule has 1 fully saturated rings. The van der Waals surface area contributed by atoms with Gasteiger partial charge in [-0.3, -0.25) is 4.79 Å². The minimum absolute atomic E-state index is 0.0835. The van der Waals surface area contributed by atoms with E-state index in [4.69, 9.17) is 0 Å². The van der Waals surface area contributed by atoms with Gasteiger partial charge in [0, 0.05) is 17.5 Å². The van der Waals surface area contributed by atoms with Crippen molar-refractivity contribution in [2.75, 3.05) is 6.54 Å². The first-order chi connectivity index (χ1) is 11.3. The molecule has 5 heteroatoms. The summed E-state index contributed by atoms with van der Waals surface area (Å²) in [5.74, 6) is 0.0835. The Kier molecular flexibility index (Phi) is 3.97. The number of nitrogens with zero attached hydrogens (tertiary/aromatic N) is 2. The highest BCUT2D eigenvalue weighted by Gasteiger charge is 2.29. The van der Waals surface area contributed by atoms with Crippen molar-refractivity contribution >= 4 is 44.9 Å². The average Bonchev–Trinajstić information content (AvgIpc) is 3.31. The van der Waals surface area contributed by atoms with Crippen LogP contribution in [0.1, 0.15) is 28.8 Å². The van der Waals surface area contributed by atoms with Crippen LogP contribution in [-0.4, -0.2) is 22.3 Å². The minimum atomic E-state index is 0.0835. The number of thiophene rings is 1. The molecule has 1 aliphatic rings. The van der Waals surface area contributed by atoms with Gasteiger partial charge in [-0.05, 0) is 42.5 Å². The van der Waals surface area contributed by atoms with Crippen LogP contribution in [0.5, 0.6) is 0 Å². The quantitative estimate of drug-likeness (QED) is 0.646. The van der Waals surface area contributed by atoms with E-state index in [9.17, 15) is 4.79 Å². The fourth-order valence-electron chi connectivity index (χ4n) is 3.01. The molecule has 1 aromatic carbocycles. The Bertz CT molecular complexity index is 818. The minimum Gasteiger partial charge on any atom is -0.331 e. The zero-order valence-electron chi connectivity index (χ0n) is 12.5. The topological polar surface area (TPSA) is 33.2 Å². The summed E-state index contributed by atoms with van der Waals surface area (Å²) < 4.78 is 1.15. The van der Waals surface area contributed by atoms with Crippen LogP contribution >= 0.6 is 22.7 Å². The maximum atomic E-state index is 12.6. The number of rotatable bonds is 3. The molecule has 0 radical (unpaired) electrons. The number of fused-ring (bicyclic) bond motifs is 1. The van der Waals surface area contributed by atoms with Crippen LogP contribution in [-0.2, 0) is 4.79 Å². The molecule has 0 spiro atoms. The van der Waals surface area contributed by atoms with Crippen molar-refractivity contribution < 1.29 is 4.79 Å². The number of thiazole rings is 1. The van der Waals surface area contributed by atoms with Crippen molar-refractivity contribution in [1.82, 2.24) is 9.88 Å². The summed E-state index contributed by atoms with van der Waals surface area (Å²) >= 11 is 3.34. The fraction of sp³-hybridized carbons (Fsp3) is 0.222. The predicted molar refractivity (Wildman–Crippen MR) is 96.7 cm³/mol. The van der Waals surface area contributed by atoms with Crippen molar-refractivity contribution in [2.24, 2.45) is 0 Å². The molecule has 0 aliphatic carbocycles. The van der Waals surface area contributed by atoms with Crippen LogP contribution in [0.4, 0.5) is 0 Å². The average molecular weight is 340 g/mol. The molecule has 0 N–H and O–H groups in total. The second-order valence-electron chi connectivity index (χ2n) is 5.56. The molecule has 3 aromatic rings. The largest absolute Gasteiger partial charge is 0.331 e. The number of hydrogen-bond acceptors (Lipinski definition) is 4. The van der Waals surface area contributed by atoms with Gasteiger partial charge in [-0.15, -0.1) is 22.7 Å². The van der Waals surface area contributed by atoms with E-state index in [2.05, 4.69) is 28.6 Å². The van der Waals surface area contributed by atoms with Crippen molar-refractivity contribution in [3.05, 3.63) is 57.7 Å². The third kappa shape index (κ3) is 2.94. The number of likely N-dealkylation sites (tertiary alicyclic amines) is 1. The van der Waals surface area contributed by atoms with Crippen LogP contribution < -0.4 is 0 Å². The summed E-state index contributed by atoms with van der Waals surface area (Å²) in [5.41, 5.74) is 0.988. The third-order valence-corrected chi connectivity index (χ3v) is 6.06. The van der Waals surface area contributed by atoms with E-state index >= 15 is 0 Å². The lowest BCUT2D eigenvalue weighted by Gasteiger charge is -2.22. The van der Waals surface area contributed by atoms with Gasteiger partial charge >= 0.3 is 0 Å². The van der Waals surface area contributed by atoms with Crippen molar-refractivity contribution in [3.63, 3.8) is 0 Å². The second kappa shape index (κ2) is 6.26. The molecule has 1 amide bonds. The SMILES string of the molecule is O=C(C=Cc1nc2ccccc2s1)N1CCCC1c1cccs1.